The Kier molecular flexibility index (Phi) is 60.1. The van der Waals surface area contributed by atoms with Gasteiger partial charge in [0, 0.05) is 19.4 Å². The van der Waals surface area contributed by atoms with Crippen LogP contribution in [0.2, 0.25) is 0 Å². The SMILES string of the molecule is CC/C=C\C/C=C\C/C=C\C/C=C\CCCCCCC(=O)OC(COC(=O)CCCCCCCCCCCCCCCCCCCCCCCCCC/C=C\C/C=C\C/C=C\CCCCCCC)COP(=O)(O)OCCN. The van der Waals surface area contributed by atoms with Crippen LogP contribution in [0.25, 0.3) is 0 Å². The predicted octanol–water partition coefficient (Wildman–Crippen LogP) is 20.6. The van der Waals surface area contributed by atoms with Crippen LogP contribution in [0, 0.1) is 0 Å². The number of rotatable bonds is 60. The number of hydrogen-bond acceptors (Lipinski definition) is 8. The number of unbranched alkanes of at least 4 members (excludes halogenated alkanes) is 33. The summed E-state index contributed by atoms with van der Waals surface area (Å²) in [6.45, 7) is 3.61. The summed E-state index contributed by atoms with van der Waals surface area (Å²) in [5, 5.41) is 0. The van der Waals surface area contributed by atoms with Gasteiger partial charge >= 0.3 is 19.8 Å². The van der Waals surface area contributed by atoms with E-state index in [1.165, 1.54) is 180 Å². The zero-order valence-electron chi connectivity index (χ0n) is 49.9. The minimum atomic E-state index is -4.40. The van der Waals surface area contributed by atoms with Crippen LogP contribution < -0.4 is 5.73 Å². The number of carbonyl (C=O) groups is 2. The largest absolute Gasteiger partial charge is 0.472 e. The number of nitrogens with two attached hydrogens (primary N) is 1. The molecule has 0 rings (SSSR count). The number of phosphoric acid groups is 1. The third kappa shape index (κ3) is 62.3. The highest BCUT2D eigenvalue weighted by atomic mass is 31.2. The maximum Gasteiger partial charge on any atom is 0.472 e. The molecular weight excluding hydrogens is 978 g/mol. The Bertz CT molecular complexity index is 1530. The van der Waals surface area contributed by atoms with Gasteiger partial charge in [-0.05, 0) is 89.9 Å². The van der Waals surface area contributed by atoms with E-state index in [1.807, 2.05) is 0 Å². The van der Waals surface area contributed by atoms with Crippen LogP contribution in [-0.2, 0) is 32.7 Å². The van der Waals surface area contributed by atoms with Crippen LogP contribution >= 0.6 is 7.82 Å². The third-order valence-corrected chi connectivity index (χ3v) is 14.7. The van der Waals surface area contributed by atoms with Crippen molar-refractivity contribution in [2.75, 3.05) is 26.4 Å². The number of carbonyl (C=O) groups excluding carboxylic acids is 2. The topological polar surface area (TPSA) is 134 Å². The molecule has 77 heavy (non-hydrogen) atoms. The first kappa shape index (κ1) is 74.2. The monoisotopic (exact) mass is 1100 g/mol. The molecule has 10 heteroatoms. The number of hydrogen-bond donors (Lipinski definition) is 2. The van der Waals surface area contributed by atoms with Crippen molar-refractivity contribution in [3.8, 4) is 0 Å². The third-order valence-electron chi connectivity index (χ3n) is 13.8. The normalized spacial score (nSPS) is 13.6. The summed E-state index contributed by atoms with van der Waals surface area (Å²) in [7, 11) is -4.40. The van der Waals surface area contributed by atoms with E-state index >= 15 is 0 Å². The molecule has 0 aromatic carbocycles. The minimum absolute atomic E-state index is 0.0469. The molecule has 0 spiro atoms. The first-order chi connectivity index (χ1) is 37.8. The summed E-state index contributed by atoms with van der Waals surface area (Å²) < 4.78 is 33.0. The fraction of sp³-hybridized carbons (Fsp3) is 0.761. The Labute approximate surface area is 474 Å². The van der Waals surface area contributed by atoms with Gasteiger partial charge in [-0.15, -0.1) is 0 Å². The van der Waals surface area contributed by atoms with Gasteiger partial charge in [0.1, 0.15) is 6.61 Å². The summed E-state index contributed by atoms with van der Waals surface area (Å²) in [5.41, 5.74) is 5.38. The molecule has 0 saturated heterocycles. The molecule has 0 aliphatic rings. The van der Waals surface area contributed by atoms with Gasteiger partial charge in [-0.3, -0.25) is 18.6 Å². The number of allylic oxidation sites excluding steroid dienone is 14. The Morgan fingerprint density at radius 1 is 0.403 bits per heavy atom. The molecule has 0 aromatic heterocycles. The molecule has 0 aliphatic heterocycles. The predicted molar refractivity (Wildman–Crippen MR) is 330 cm³/mol. The van der Waals surface area contributed by atoms with Gasteiger partial charge in [0.15, 0.2) is 6.10 Å². The second-order valence-electron chi connectivity index (χ2n) is 21.2. The van der Waals surface area contributed by atoms with E-state index in [1.54, 1.807) is 0 Å². The van der Waals surface area contributed by atoms with E-state index in [0.717, 1.165) is 83.5 Å². The van der Waals surface area contributed by atoms with E-state index in [0.29, 0.717) is 6.42 Å². The highest BCUT2D eigenvalue weighted by Crippen LogP contribution is 2.43. The Hall–Kier alpha value is -2.81. The lowest BCUT2D eigenvalue weighted by atomic mass is 10.0. The minimum Gasteiger partial charge on any atom is -0.462 e. The summed E-state index contributed by atoms with van der Waals surface area (Å²) in [5.74, 6) is -0.849. The summed E-state index contributed by atoms with van der Waals surface area (Å²) in [6.07, 6.45) is 82.5. The van der Waals surface area contributed by atoms with Crippen molar-refractivity contribution in [1.29, 1.82) is 0 Å². The zero-order valence-corrected chi connectivity index (χ0v) is 50.8. The van der Waals surface area contributed by atoms with Crippen molar-refractivity contribution >= 4 is 19.8 Å². The molecule has 0 amide bonds. The highest BCUT2D eigenvalue weighted by Gasteiger charge is 2.26. The van der Waals surface area contributed by atoms with E-state index in [4.69, 9.17) is 24.3 Å². The summed E-state index contributed by atoms with van der Waals surface area (Å²) >= 11 is 0. The smallest absolute Gasteiger partial charge is 0.462 e. The van der Waals surface area contributed by atoms with Crippen molar-refractivity contribution in [2.45, 2.75) is 302 Å². The lowest BCUT2D eigenvalue weighted by Crippen LogP contribution is -2.29. The van der Waals surface area contributed by atoms with Crippen LogP contribution in [0.4, 0.5) is 0 Å². The molecule has 2 atom stereocenters. The van der Waals surface area contributed by atoms with Gasteiger partial charge in [-0.2, -0.15) is 0 Å². The zero-order chi connectivity index (χ0) is 55.9. The van der Waals surface area contributed by atoms with E-state index in [2.05, 4.69) is 98.9 Å². The van der Waals surface area contributed by atoms with E-state index in [-0.39, 0.29) is 38.6 Å². The van der Waals surface area contributed by atoms with Crippen LogP contribution in [-0.4, -0.2) is 49.3 Å². The van der Waals surface area contributed by atoms with Crippen LogP contribution in [0.3, 0.4) is 0 Å². The average molecular weight is 1100 g/mol. The number of ether oxygens (including phenoxy) is 2. The molecule has 0 bridgehead atoms. The molecule has 0 saturated carbocycles. The lowest BCUT2D eigenvalue weighted by molar-refractivity contribution is -0.161. The van der Waals surface area contributed by atoms with Gasteiger partial charge in [0.25, 0.3) is 0 Å². The fourth-order valence-electron chi connectivity index (χ4n) is 9.05. The second kappa shape index (κ2) is 62.4. The number of esters is 2. The number of phosphoric ester groups is 1. The summed E-state index contributed by atoms with van der Waals surface area (Å²) in [4.78, 5) is 35.2. The van der Waals surface area contributed by atoms with Gasteiger partial charge in [-0.1, -0.05) is 279 Å². The van der Waals surface area contributed by atoms with Gasteiger partial charge in [0.2, 0.25) is 0 Å². The molecule has 3 N–H and O–H groups in total. The second-order valence-corrected chi connectivity index (χ2v) is 22.7. The van der Waals surface area contributed by atoms with Crippen molar-refractivity contribution in [3.05, 3.63) is 85.1 Å². The molecule has 0 radical (unpaired) electrons. The maximum atomic E-state index is 12.7. The molecule has 0 aliphatic carbocycles. The van der Waals surface area contributed by atoms with Gasteiger partial charge in [0.05, 0.1) is 13.2 Å². The van der Waals surface area contributed by atoms with E-state index in [9.17, 15) is 19.0 Å². The highest BCUT2D eigenvalue weighted by molar-refractivity contribution is 7.47. The van der Waals surface area contributed by atoms with Crippen molar-refractivity contribution in [1.82, 2.24) is 0 Å². The molecule has 0 aromatic rings. The maximum absolute atomic E-state index is 12.7. The average Bonchev–Trinajstić information content (AvgIpc) is 3.42. The quantitative estimate of drug-likeness (QED) is 0.0264. The Morgan fingerprint density at radius 3 is 1.06 bits per heavy atom. The van der Waals surface area contributed by atoms with Crippen LogP contribution in [0.15, 0.2) is 85.1 Å². The first-order valence-corrected chi connectivity index (χ1v) is 33.6. The molecular formula is C67H120NO8P. The molecule has 9 nitrogen and oxygen atoms in total. The van der Waals surface area contributed by atoms with Crippen molar-refractivity contribution < 1.29 is 37.6 Å². The Balaban J connectivity index is 3.80. The van der Waals surface area contributed by atoms with Gasteiger partial charge in [-0.25, -0.2) is 4.57 Å². The van der Waals surface area contributed by atoms with Crippen LogP contribution in [0.5, 0.6) is 0 Å². The van der Waals surface area contributed by atoms with Gasteiger partial charge < -0.3 is 20.1 Å². The summed E-state index contributed by atoms with van der Waals surface area (Å²) in [6, 6.07) is 0. The molecule has 446 valence electrons. The van der Waals surface area contributed by atoms with Crippen molar-refractivity contribution in [2.24, 2.45) is 5.73 Å². The standard InChI is InChI=1S/C67H120NO8P/c1-3-5-7-9-11-13-15-17-19-21-22-23-24-25-26-27-28-29-30-31-32-33-34-35-36-37-38-39-40-41-42-44-45-47-49-51-53-55-57-59-66(69)73-63-65(64-75-77(71,72)74-62-61-68)76-67(70)60-58-56-54-52-50-48-46-43-20-18-16-14-12-10-8-6-4-2/h6,8,12,14-15,17-18,20-22,24-25,46,48,65H,3-5,7,9-11,13,16,19,23,26-45,47,49-64,68H2,1-2H3,(H,71,72)/b8-6-,14-12-,17-15-,20-18-,22-21-,25-24-,48-46-. The lowest BCUT2D eigenvalue weighted by Gasteiger charge is -2.19. The molecule has 2 unspecified atom stereocenters. The van der Waals surface area contributed by atoms with Crippen LogP contribution in [0.1, 0.15) is 296 Å². The fourth-order valence-corrected chi connectivity index (χ4v) is 9.81. The Morgan fingerprint density at radius 2 is 0.714 bits per heavy atom. The first-order valence-electron chi connectivity index (χ1n) is 32.1. The van der Waals surface area contributed by atoms with E-state index < -0.39 is 26.5 Å². The van der Waals surface area contributed by atoms with Crippen molar-refractivity contribution in [3.63, 3.8) is 0 Å². The molecule has 0 fully saturated rings. The molecule has 0 heterocycles.